The van der Waals surface area contributed by atoms with Gasteiger partial charge in [-0.3, -0.25) is 14.4 Å². The first-order valence-corrected chi connectivity index (χ1v) is 47.2. The van der Waals surface area contributed by atoms with Gasteiger partial charge in [-0.2, -0.15) is 28.6 Å². The molecule has 4 aliphatic heterocycles. The smallest absolute Gasteiger partial charge is 0.294 e. The molecule has 4 fully saturated rings. The number of unbranched alkanes of at least 4 members (excludes halogenated alkanes) is 1. The van der Waals surface area contributed by atoms with Crippen LogP contribution in [0.4, 0.5) is 51.7 Å². The van der Waals surface area contributed by atoms with E-state index in [4.69, 9.17) is 50.9 Å². The predicted molar refractivity (Wildman–Crippen MR) is 473 cm³/mol. The number of likely N-dealkylation sites (N-methyl/N-ethyl adjacent to an activating group) is 2. The summed E-state index contributed by atoms with van der Waals surface area (Å²) in [6.45, 7) is 29.3. The second-order valence-electron chi connectivity index (χ2n) is 29.4. The number of nitrogens with zero attached hydrogens (tertiary/aromatic N) is 14. The van der Waals surface area contributed by atoms with Gasteiger partial charge in [0.2, 0.25) is 11.2 Å². The number of aromatic nitrogens is 8. The van der Waals surface area contributed by atoms with Gasteiger partial charge in [0.25, 0.3) is 10.1 Å². The lowest BCUT2D eigenvalue weighted by Gasteiger charge is -2.43. The fourth-order valence-corrected chi connectivity index (χ4v) is 17.4. The van der Waals surface area contributed by atoms with Crippen LogP contribution in [0.1, 0.15) is 76.0 Å². The molecule has 9 aromatic rings. The predicted octanol–water partition coefficient (Wildman–Crippen LogP) is 14.1. The molecule has 0 aliphatic carbocycles. The molecule has 4 aliphatic rings. The van der Waals surface area contributed by atoms with Crippen LogP contribution in [-0.4, -0.2) is 244 Å². The average Bonchev–Trinajstić information content (AvgIpc) is 1.59. The highest BCUT2D eigenvalue weighted by atomic mass is 79.9. The molecule has 115 heavy (non-hydrogen) atoms. The van der Waals surface area contributed by atoms with Crippen LogP contribution in [-0.2, 0) is 32.1 Å². The van der Waals surface area contributed by atoms with Crippen molar-refractivity contribution < 1.29 is 46.2 Å². The van der Waals surface area contributed by atoms with Crippen LogP contribution in [0.5, 0.6) is 23.0 Å². The van der Waals surface area contributed by atoms with Gasteiger partial charge < -0.3 is 74.5 Å². The number of piperazine rings is 2. The Morgan fingerprint density at radius 1 is 0.565 bits per heavy atom. The first-order chi connectivity index (χ1) is 54.9. The minimum atomic E-state index is -4.02. The van der Waals surface area contributed by atoms with Crippen LogP contribution in [0.15, 0.2) is 136 Å². The van der Waals surface area contributed by atoms with Crippen LogP contribution in [0.3, 0.4) is 0 Å². The van der Waals surface area contributed by atoms with Gasteiger partial charge in [0, 0.05) is 144 Å². The molecule has 0 radical (unpaired) electrons. The van der Waals surface area contributed by atoms with Crippen molar-refractivity contribution in [2.45, 2.75) is 96.0 Å². The number of benzene rings is 5. The Morgan fingerprint density at radius 2 is 1.01 bits per heavy atom. The Balaban J connectivity index is 0.000000192. The molecule has 0 unspecified atom stereocenters. The lowest BCUT2D eigenvalue weighted by atomic mass is 9.99. The highest BCUT2D eigenvalue weighted by molar-refractivity contribution is 9.11. The van der Waals surface area contributed by atoms with E-state index in [2.05, 4.69) is 161 Å². The molecular weight excluding hydrogens is 1670 g/mol. The van der Waals surface area contributed by atoms with E-state index in [1.54, 1.807) is 114 Å². The molecule has 13 rings (SSSR count). The Kier molecular flexibility index (Phi) is 33.6. The summed E-state index contributed by atoms with van der Waals surface area (Å²) in [7, 11) is 1.69. The van der Waals surface area contributed by atoms with Crippen molar-refractivity contribution in [1.82, 2.24) is 59.1 Å². The standard InChI is InChI=1S/C35H47BrN9O3P.C19H32N4O.C16H16BrClN5O2P.C7H8O3S.C4H10O/c1-7-24-18-30(32(48-4)20-31(24)44-12-10-25(11-13-44)43-16-14-42(2)15-17-43)40-35-37-22-28(36)34(41-35)39-29-9-8-26(19-33(29)49(5,6)46)45-23-27(47-3)21-38-45;1-4-15-13-17(20)19(24-3)14-18(15)23-7-5-16(6-8-23)22-11-9-21(2)10-12-22;1-25-11-7-20-23(9-11)10-4-5-13(14(6-10)26(2,3)24)21-15-12(17)8-19-16(18)22-15;1-6-2-4-7(5-3-6)11(8,9)10;1-2-3-4-5/h8-9,18-23,25H,7,10-17H2,1-6H3,(H2,37,39,40,41);13-14,16H,4-12,20H2,1-3H3;4-9H,1-3H3,(H,19,21,22);2-5H,1H3,(H,8,9,10);5H,2-4H2,1H3. The third-order valence-electron chi connectivity index (χ3n) is 20.6. The Hall–Kier alpha value is -7.90. The molecule has 5 aromatic carbocycles. The average molecular weight is 1790 g/mol. The number of halogens is 3. The number of rotatable bonds is 23. The number of nitrogens with two attached hydrogens (primary N) is 1. The molecule has 28 nitrogen and oxygen atoms in total. The van der Waals surface area contributed by atoms with Crippen LogP contribution < -0.4 is 61.0 Å². The number of ether oxygens (including phenoxy) is 4. The number of anilines is 9. The van der Waals surface area contributed by atoms with Crippen molar-refractivity contribution in [2.75, 3.05) is 186 Å². The molecular formula is C81H113Br2ClN18O10P2S. The zero-order valence-corrected chi connectivity index (χ0v) is 75.0. The Morgan fingerprint density at radius 3 is 1.41 bits per heavy atom. The van der Waals surface area contributed by atoms with E-state index in [1.807, 2.05) is 43.3 Å². The lowest BCUT2D eigenvalue weighted by molar-refractivity contribution is 0.0982. The summed E-state index contributed by atoms with van der Waals surface area (Å²) in [6, 6.07) is 27.1. The maximum Gasteiger partial charge on any atom is 0.294 e. The van der Waals surface area contributed by atoms with Crippen LogP contribution in [0, 0.1) is 6.92 Å². The van der Waals surface area contributed by atoms with Gasteiger partial charge in [0.1, 0.15) is 37.4 Å². The van der Waals surface area contributed by atoms with Crippen molar-refractivity contribution in [1.29, 1.82) is 0 Å². The fourth-order valence-electron chi connectivity index (χ4n) is 13.9. The summed E-state index contributed by atoms with van der Waals surface area (Å²) in [5, 5.41) is 28.1. The van der Waals surface area contributed by atoms with Crippen molar-refractivity contribution in [2.24, 2.45) is 0 Å². The maximum absolute atomic E-state index is 13.5. The number of nitrogens with one attached hydrogen (secondary N) is 3. The second kappa shape index (κ2) is 42.5. The number of aryl methyl sites for hydroxylation is 3. The quantitative estimate of drug-likeness (QED) is 0.0150. The summed E-state index contributed by atoms with van der Waals surface area (Å²) >= 11 is 12.9. The van der Waals surface area contributed by atoms with Gasteiger partial charge in [-0.25, -0.2) is 19.3 Å². The molecule has 4 saturated heterocycles. The molecule has 8 heterocycles. The summed E-state index contributed by atoms with van der Waals surface area (Å²) in [4.78, 5) is 32.6. The topological polar surface area (TPSA) is 314 Å². The molecule has 0 atom stereocenters. The van der Waals surface area contributed by atoms with E-state index in [9.17, 15) is 17.5 Å². The molecule has 0 saturated carbocycles. The highest BCUT2D eigenvalue weighted by Gasteiger charge is 2.31. The van der Waals surface area contributed by atoms with Gasteiger partial charge >= 0.3 is 0 Å². The van der Waals surface area contributed by atoms with E-state index in [0.29, 0.717) is 72.7 Å². The number of aliphatic hydroxyl groups is 1. The van der Waals surface area contributed by atoms with E-state index in [1.165, 1.54) is 99.6 Å². The number of nitrogen functional groups attached to an aromatic ring is 1. The zero-order chi connectivity index (χ0) is 83.3. The first-order valence-electron chi connectivity index (χ1n) is 38.6. The van der Waals surface area contributed by atoms with Crippen LogP contribution in [0.2, 0.25) is 5.28 Å². The highest BCUT2D eigenvalue weighted by Crippen LogP contribution is 2.43. The summed E-state index contributed by atoms with van der Waals surface area (Å²) in [6.07, 6.45) is 18.8. The summed E-state index contributed by atoms with van der Waals surface area (Å²) in [5.41, 5.74) is 16.6. The zero-order valence-electron chi connectivity index (χ0n) is 68.5. The molecule has 4 aromatic heterocycles. The van der Waals surface area contributed by atoms with Crippen LogP contribution >= 0.6 is 57.7 Å². The molecule has 34 heteroatoms. The number of methoxy groups -OCH3 is 4. The molecule has 0 amide bonds. The number of hydrogen-bond acceptors (Lipinski definition) is 25. The third kappa shape index (κ3) is 25.6. The maximum atomic E-state index is 13.5. The first kappa shape index (κ1) is 91.0. The van der Waals surface area contributed by atoms with Gasteiger partial charge in [-0.1, -0.05) is 44.9 Å². The van der Waals surface area contributed by atoms with E-state index < -0.39 is 24.4 Å². The Bertz CT molecular complexity index is 4870. The molecule has 0 bridgehead atoms. The Labute approximate surface area is 700 Å². The number of hydrogen-bond donors (Lipinski definition) is 6. The van der Waals surface area contributed by atoms with Gasteiger partial charge in [-0.15, -0.1) is 0 Å². The second-order valence-corrected chi connectivity index (χ2v) is 39.3. The molecule has 0 spiro atoms. The normalized spacial score (nSPS) is 15.5. The summed E-state index contributed by atoms with van der Waals surface area (Å²) < 4.78 is 82.3. The van der Waals surface area contributed by atoms with Crippen LogP contribution in [0.25, 0.3) is 11.4 Å². The SMILES string of the molecule is CCCCO.CCc1cc(N)c(OC)cc1N1CCC(N2CCN(C)CC2)CC1.CCc1cc(Nc2ncc(Br)c(Nc3ccc(-n4cc(OC)cn4)cc3P(C)(C)=O)n2)c(OC)cc1N1CCC(N2CCN(C)CC2)CC1.COc1cnn(-c2ccc(Nc3nc(Cl)ncc3Br)c(P(C)(C)=O)c2)c1.Cc1ccc(S(=O)(=O)O)cc1. The van der Waals surface area contributed by atoms with Gasteiger partial charge in [0.05, 0.1) is 101 Å². The van der Waals surface area contributed by atoms with Crippen molar-refractivity contribution in [3.05, 3.63) is 153 Å². The van der Waals surface area contributed by atoms with Crippen molar-refractivity contribution in [3.63, 3.8) is 0 Å². The van der Waals surface area contributed by atoms with E-state index in [0.717, 1.165) is 111 Å². The number of aliphatic hydroxyl groups excluding tert-OH is 1. The minimum Gasteiger partial charge on any atom is -0.495 e. The van der Waals surface area contributed by atoms with E-state index >= 15 is 0 Å². The number of piperidine rings is 2. The fraction of sp³-hybridized carbons (Fsp3) is 0.457. The van der Waals surface area contributed by atoms with Crippen molar-refractivity contribution in [3.8, 4) is 34.4 Å². The van der Waals surface area contributed by atoms with E-state index in [-0.39, 0.29) is 10.2 Å². The lowest BCUT2D eigenvalue weighted by Crippen LogP contribution is -2.52. The molecule has 624 valence electrons. The molecule has 7 N–H and O–H groups in total. The van der Waals surface area contributed by atoms with Gasteiger partial charge in [-0.05, 0) is 208 Å². The largest absolute Gasteiger partial charge is 0.495 e. The third-order valence-corrected chi connectivity index (χ3v) is 25.9. The summed E-state index contributed by atoms with van der Waals surface area (Å²) in [5.74, 6) is 4.25. The monoisotopic (exact) mass is 1780 g/mol. The minimum absolute atomic E-state index is 0.0666. The van der Waals surface area contributed by atoms with Gasteiger partial charge in [0.15, 0.2) is 11.5 Å². The van der Waals surface area contributed by atoms with Crippen molar-refractivity contribution >= 4 is 130 Å².